The van der Waals surface area contributed by atoms with Crippen molar-refractivity contribution in [2.24, 2.45) is 7.05 Å². The van der Waals surface area contributed by atoms with Crippen molar-refractivity contribution in [1.29, 1.82) is 0 Å². The maximum atomic E-state index is 13.2. The van der Waals surface area contributed by atoms with E-state index in [0.717, 1.165) is 5.56 Å². The van der Waals surface area contributed by atoms with Crippen molar-refractivity contribution in [1.82, 2.24) is 14.5 Å². The summed E-state index contributed by atoms with van der Waals surface area (Å²) in [5, 5.41) is 2.93. The van der Waals surface area contributed by atoms with E-state index in [-0.39, 0.29) is 16.5 Å². The van der Waals surface area contributed by atoms with Gasteiger partial charge in [-0.1, -0.05) is 11.6 Å². The van der Waals surface area contributed by atoms with E-state index in [9.17, 15) is 12.8 Å². The Hall–Kier alpha value is -2.75. The molecular formula is C20H16ClFN4O2S2. The van der Waals surface area contributed by atoms with Crippen LogP contribution in [-0.4, -0.2) is 23.0 Å². The summed E-state index contributed by atoms with van der Waals surface area (Å²) in [4.78, 5) is 8.72. The van der Waals surface area contributed by atoms with Gasteiger partial charge < -0.3 is 4.57 Å². The van der Waals surface area contributed by atoms with E-state index >= 15 is 0 Å². The lowest BCUT2D eigenvalue weighted by atomic mass is 10.2. The number of sulfonamides is 1. The molecule has 0 atom stereocenters. The molecule has 3 aromatic heterocycles. The Bertz CT molecular complexity index is 1310. The molecule has 0 aliphatic rings. The van der Waals surface area contributed by atoms with Gasteiger partial charge in [0.25, 0.3) is 10.0 Å². The maximum Gasteiger partial charge on any atom is 0.264 e. The number of nitrogens with one attached hydrogen (secondary N) is 1. The zero-order valence-electron chi connectivity index (χ0n) is 15.9. The van der Waals surface area contributed by atoms with Crippen LogP contribution in [0.15, 0.2) is 58.9 Å². The number of halogens is 2. The van der Waals surface area contributed by atoms with Crippen molar-refractivity contribution in [3.63, 3.8) is 0 Å². The maximum absolute atomic E-state index is 13.2. The fourth-order valence-electron chi connectivity index (χ4n) is 2.92. The molecule has 0 saturated heterocycles. The largest absolute Gasteiger partial charge is 0.345 e. The number of pyridine rings is 1. The summed E-state index contributed by atoms with van der Waals surface area (Å²) in [7, 11) is -2.08. The SMILES string of the molecule is Cc1c(S(=O)(=O)Nc2ccc(Cl)cn2)cc(-c2nc(-c3ccc(F)cc3)cs2)n1C. The number of thiazole rings is 1. The molecule has 10 heteroatoms. The van der Waals surface area contributed by atoms with Crippen molar-refractivity contribution in [2.45, 2.75) is 11.8 Å². The van der Waals surface area contributed by atoms with E-state index in [1.807, 2.05) is 5.38 Å². The second-order valence-electron chi connectivity index (χ2n) is 6.55. The van der Waals surface area contributed by atoms with Crippen LogP contribution in [0.1, 0.15) is 5.69 Å². The lowest BCUT2D eigenvalue weighted by Crippen LogP contribution is -2.14. The third-order valence-corrected chi connectivity index (χ3v) is 7.17. The Balaban J connectivity index is 1.68. The number of hydrogen-bond donors (Lipinski definition) is 1. The van der Waals surface area contributed by atoms with Crippen LogP contribution in [0.2, 0.25) is 5.02 Å². The molecule has 0 radical (unpaired) electrons. The molecule has 4 rings (SSSR count). The number of hydrogen-bond acceptors (Lipinski definition) is 5. The van der Waals surface area contributed by atoms with Gasteiger partial charge in [0.15, 0.2) is 0 Å². The standard InChI is InChI=1S/C20H16ClFN4O2S2/c1-12-18(30(27,28)25-19-8-5-14(21)10-23-19)9-17(26(12)2)20-24-16(11-29-20)13-3-6-15(22)7-4-13/h3-11H,1-2H3,(H,23,25). The molecule has 0 saturated carbocycles. The minimum Gasteiger partial charge on any atom is -0.345 e. The van der Waals surface area contributed by atoms with E-state index in [1.54, 1.807) is 42.8 Å². The molecule has 0 aliphatic heterocycles. The molecule has 4 aromatic rings. The summed E-state index contributed by atoms with van der Waals surface area (Å²) in [6.45, 7) is 1.72. The Kier molecular flexibility index (Phi) is 5.35. The summed E-state index contributed by atoms with van der Waals surface area (Å²) in [5.74, 6) is -0.137. The average molecular weight is 463 g/mol. The Labute approximate surface area is 182 Å². The van der Waals surface area contributed by atoms with Crippen LogP contribution in [0, 0.1) is 12.7 Å². The van der Waals surface area contributed by atoms with Crippen LogP contribution in [-0.2, 0) is 17.1 Å². The zero-order chi connectivity index (χ0) is 21.5. The third-order valence-electron chi connectivity index (χ3n) is 4.61. The molecule has 0 unspecified atom stereocenters. The lowest BCUT2D eigenvalue weighted by Gasteiger charge is -2.07. The monoisotopic (exact) mass is 462 g/mol. The first-order valence-corrected chi connectivity index (χ1v) is 11.5. The third kappa shape index (κ3) is 3.96. The number of nitrogens with zero attached hydrogens (tertiary/aromatic N) is 3. The summed E-state index contributed by atoms with van der Waals surface area (Å²) in [5.41, 5.74) is 2.70. The van der Waals surface area contributed by atoms with Crippen LogP contribution in [0.5, 0.6) is 0 Å². The van der Waals surface area contributed by atoms with Gasteiger partial charge in [0, 0.05) is 29.9 Å². The van der Waals surface area contributed by atoms with Gasteiger partial charge in [-0.2, -0.15) is 0 Å². The number of aromatic nitrogens is 3. The van der Waals surface area contributed by atoms with Gasteiger partial charge in [-0.25, -0.2) is 22.8 Å². The summed E-state index contributed by atoms with van der Waals surface area (Å²) in [6, 6.07) is 10.7. The first-order chi connectivity index (χ1) is 14.2. The van der Waals surface area contributed by atoms with Gasteiger partial charge in [0.2, 0.25) is 0 Å². The smallest absolute Gasteiger partial charge is 0.264 e. The predicted octanol–water partition coefficient (Wildman–Crippen LogP) is 5.11. The van der Waals surface area contributed by atoms with E-state index < -0.39 is 10.0 Å². The highest BCUT2D eigenvalue weighted by Crippen LogP contribution is 2.33. The normalized spacial score (nSPS) is 11.6. The Morgan fingerprint density at radius 2 is 1.90 bits per heavy atom. The van der Waals surface area contributed by atoms with Crippen molar-refractivity contribution >= 4 is 38.8 Å². The minimum absolute atomic E-state index is 0.135. The van der Waals surface area contributed by atoms with Gasteiger partial charge >= 0.3 is 0 Å². The highest BCUT2D eigenvalue weighted by atomic mass is 35.5. The van der Waals surface area contributed by atoms with Crippen LogP contribution < -0.4 is 4.72 Å². The van der Waals surface area contributed by atoms with Crippen LogP contribution in [0.3, 0.4) is 0 Å². The van der Waals surface area contributed by atoms with Crippen LogP contribution in [0.25, 0.3) is 22.0 Å². The van der Waals surface area contributed by atoms with Gasteiger partial charge in [0.1, 0.15) is 21.5 Å². The number of benzene rings is 1. The van der Waals surface area contributed by atoms with Gasteiger partial charge in [0.05, 0.1) is 16.4 Å². The molecule has 0 bridgehead atoms. The fraction of sp³-hybridized carbons (Fsp3) is 0.100. The van der Waals surface area contributed by atoms with E-state index in [2.05, 4.69) is 14.7 Å². The van der Waals surface area contributed by atoms with Crippen LogP contribution >= 0.6 is 22.9 Å². The van der Waals surface area contributed by atoms with Gasteiger partial charge in [-0.3, -0.25) is 4.72 Å². The number of anilines is 1. The molecule has 154 valence electrons. The Morgan fingerprint density at radius 3 is 2.57 bits per heavy atom. The van der Waals surface area contributed by atoms with Crippen molar-refractivity contribution in [2.75, 3.05) is 4.72 Å². The fourth-order valence-corrected chi connectivity index (χ4v) is 5.21. The lowest BCUT2D eigenvalue weighted by molar-refractivity contribution is 0.600. The summed E-state index contributed by atoms with van der Waals surface area (Å²) < 4.78 is 43.2. The van der Waals surface area contributed by atoms with Crippen molar-refractivity contribution in [3.8, 4) is 22.0 Å². The molecule has 6 nitrogen and oxygen atoms in total. The van der Waals surface area contributed by atoms with E-state index in [1.165, 1.54) is 35.7 Å². The van der Waals surface area contributed by atoms with E-state index in [0.29, 0.717) is 27.1 Å². The Morgan fingerprint density at radius 1 is 1.17 bits per heavy atom. The highest BCUT2D eigenvalue weighted by molar-refractivity contribution is 7.92. The first-order valence-electron chi connectivity index (χ1n) is 8.77. The molecule has 0 aliphatic carbocycles. The molecule has 3 heterocycles. The predicted molar refractivity (Wildman–Crippen MR) is 117 cm³/mol. The summed E-state index contributed by atoms with van der Waals surface area (Å²) >= 11 is 7.19. The number of rotatable bonds is 5. The average Bonchev–Trinajstić information content (AvgIpc) is 3.30. The topological polar surface area (TPSA) is 76.9 Å². The quantitative estimate of drug-likeness (QED) is 0.447. The first kappa shape index (κ1) is 20.5. The molecule has 1 N–H and O–H groups in total. The highest BCUT2D eigenvalue weighted by Gasteiger charge is 2.24. The summed E-state index contributed by atoms with van der Waals surface area (Å²) in [6.07, 6.45) is 1.37. The van der Waals surface area contributed by atoms with E-state index in [4.69, 9.17) is 11.6 Å². The van der Waals surface area contributed by atoms with Gasteiger partial charge in [-0.15, -0.1) is 11.3 Å². The molecule has 0 amide bonds. The molecule has 0 spiro atoms. The molecule has 30 heavy (non-hydrogen) atoms. The second kappa shape index (κ2) is 7.82. The van der Waals surface area contributed by atoms with Crippen LogP contribution in [0.4, 0.5) is 10.2 Å². The molecular weight excluding hydrogens is 447 g/mol. The molecule has 0 fully saturated rings. The second-order valence-corrected chi connectivity index (χ2v) is 9.50. The molecule has 1 aromatic carbocycles. The zero-order valence-corrected chi connectivity index (χ0v) is 18.3. The van der Waals surface area contributed by atoms with Gasteiger partial charge in [-0.05, 0) is 49.4 Å². The van der Waals surface area contributed by atoms with Crippen molar-refractivity contribution in [3.05, 3.63) is 70.6 Å². The van der Waals surface area contributed by atoms with Crippen molar-refractivity contribution < 1.29 is 12.8 Å². The minimum atomic E-state index is -3.86.